The first kappa shape index (κ1) is 21.9. The van der Waals surface area contributed by atoms with Gasteiger partial charge < -0.3 is 10.6 Å². The number of hydrogen-bond acceptors (Lipinski definition) is 3. The van der Waals surface area contributed by atoms with Crippen LogP contribution in [0.4, 0.5) is 0 Å². The maximum Gasteiger partial charge on any atom is 0.191 e. The summed E-state index contributed by atoms with van der Waals surface area (Å²) in [6.07, 6.45) is 4.25. The van der Waals surface area contributed by atoms with Crippen LogP contribution in [0.5, 0.6) is 0 Å². The van der Waals surface area contributed by atoms with E-state index >= 15 is 0 Å². The molecule has 0 amide bonds. The van der Waals surface area contributed by atoms with Crippen molar-refractivity contribution >= 4 is 53.5 Å². The van der Waals surface area contributed by atoms with Crippen molar-refractivity contribution in [1.29, 1.82) is 0 Å². The Bertz CT molecular complexity index is 490. The number of aryl methyl sites for hydroxylation is 1. The van der Waals surface area contributed by atoms with Gasteiger partial charge in [-0.2, -0.15) is 11.8 Å². The summed E-state index contributed by atoms with van der Waals surface area (Å²) in [7, 11) is 1.81. The van der Waals surface area contributed by atoms with Gasteiger partial charge in [-0.25, -0.2) is 0 Å². The largest absolute Gasteiger partial charge is 0.355 e. The van der Waals surface area contributed by atoms with Gasteiger partial charge in [-0.3, -0.25) is 4.99 Å². The summed E-state index contributed by atoms with van der Waals surface area (Å²) in [6, 6.07) is 6.58. The van der Waals surface area contributed by atoms with Gasteiger partial charge in [0, 0.05) is 29.8 Å². The van der Waals surface area contributed by atoms with Crippen molar-refractivity contribution in [2.45, 2.75) is 37.0 Å². The van der Waals surface area contributed by atoms with Gasteiger partial charge in [0.25, 0.3) is 0 Å². The molecule has 0 fully saturated rings. The number of thioether (sulfide) groups is 2. The second-order valence-electron chi connectivity index (χ2n) is 5.56. The summed E-state index contributed by atoms with van der Waals surface area (Å²) in [5, 5.41) is 6.78. The normalized spacial score (nSPS) is 11.8. The summed E-state index contributed by atoms with van der Waals surface area (Å²) in [5.74, 6) is 0.852. The highest BCUT2D eigenvalue weighted by atomic mass is 127. The second-order valence-corrected chi connectivity index (χ2v) is 7.92. The summed E-state index contributed by atoms with van der Waals surface area (Å²) >= 11 is 3.64. The lowest BCUT2D eigenvalue weighted by molar-refractivity contribution is 0.664. The molecule has 6 heteroatoms. The maximum absolute atomic E-state index is 4.29. The van der Waals surface area contributed by atoms with Gasteiger partial charge in [0.1, 0.15) is 0 Å². The van der Waals surface area contributed by atoms with Gasteiger partial charge in [0.15, 0.2) is 5.96 Å². The Hall–Kier alpha value is -0.0800. The summed E-state index contributed by atoms with van der Waals surface area (Å²) in [6.45, 7) is 8.25. The molecule has 0 saturated carbocycles. The van der Waals surface area contributed by atoms with Gasteiger partial charge in [0.05, 0.1) is 0 Å². The Morgan fingerprint density at radius 2 is 1.91 bits per heavy atom. The minimum absolute atomic E-state index is 0. The van der Waals surface area contributed by atoms with Crippen LogP contribution in [0, 0.1) is 6.92 Å². The van der Waals surface area contributed by atoms with E-state index in [0.717, 1.165) is 19.0 Å². The molecule has 0 heterocycles. The number of nitrogens with one attached hydrogen (secondary N) is 2. The summed E-state index contributed by atoms with van der Waals surface area (Å²) in [4.78, 5) is 5.61. The monoisotopic (exact) mass is 453 g/mol. The predicted molar refractivity (Wildman–Crippen MR) is 114 cm³/mol. The summed E-state index contributed by atoms with van der Waals surface area (Å²) in [5.41, 5.74) is 2.60. The Balaban J connectivity index is 0.00000441. The highest BCUT2D eigenvalue weighted by molar-refractivity contribution is 14.0. The van der Waals surface area contributed by atoms with E-state index in [0.29, 0.717) is 0 Å². The van der Waals surface area contributed by atoms with Crippen LogP contribution in [0.2, 0.25) is 0 Å². The van der Waals surface area contributed by atoms with E-state index in [-0.39, 0.29) is 28.7 Å². The molecule has 0 aromatic heterocycles. The first-order valence-electron chi connectivity index (χ1n) is 7.05. The molecule has 0 spiro atoms. The van der Waals surface area contributed by atoms with Crippen LogP contribution in [0.15, 0.2) is 28.1 Å². The molecular weight excluding hydrogens is 425 g/mol. The highest BCUT2D eigenvalue weighted by Gasteiger charge is 2.16. The van der Waals surface area contributed by atoms with E-state index < -0.39 is 0 Å². The molecule has 0 unspecified atom stereocenters. The SMILES string of the molecule is CN=C(NCc1ccc(C)cc1SC)NCC(C)(C)SC.I. The van der Waals surface area contributed by atoms with Crippen LogP contribution in [0.1, 0.15) is 25.0 Å². The van der Waals surface area contributed by atoms with Gasteiger partial charge in [0.2, 0.25) is 0 Å². The van der Waals surface area contributed by atoms with Crippen LogP contribution in [-0.4, -0.2) is 36.8 Å². The third-order valence-electron chi connectivity index (χ3n) is 3.35. The fraction of sp³-hybridized carbons (Fsp3) is 0.562. The number of rotatable bonds is 6. The van der Waals surface area contributed by atoms with Crippen molar-refractivity contribution in [3.63, 3.8) is 0 Å². The van der Waals surface area contributed by atoms with Crippen molar-refractivity contribution in [2.75, 3.05) is 26.1 Å². The first-order valence-corrected chi connectivity index (χ1v) is 9.50. The number of guanidine groups is 1. The minimum Gasteiger partial charge on any atom is -0.355 e. The molecule has 0 radical (unpaired) electrons. The number of halogens is 1. The van der Waals surface area contributed by atoms with E-state index in [1.54, 1.807) is 11.8 Å². The fourth-order valence-corrected chi connectivity index (χ4v) is 2.69. The van der Waals surface area contributed by atoms with E-state index in [1.807, 2.05) is 18.8 Å². The number of aliphatic imine (C=N–C) groups is 1. The highest BCUT2D eigenvalue weighted by Crippen LogP contribution is 2.22. The Labute approximate surface area is 160 Å². The molecule has 1 aromatic rings. The third-order valence-corrected chi connectivity index (χ3v) is 5.42. The zero-order valence-corrected chi connectivity index (χ0v) is 18.3. The smallest absolute Gasteiger partial charge is 0.191 e. The molecule has 126 valence electrons. The van der Waals surface area contributed by atoms with Crippen LogP contribution in [0.25, 0.3) is 0 Å². The molecule has 0 aliphatic heterocycles. The molecule has 0 aliphatic rings. The minimum atomic E-state index is 0. The first-order chi connectivity index (χ1) is 9.91. The molecule has 0 atom stereocenters. The van der Waals surface area contributed by atoms with Crippen LogP contribution in [0.3, 0.4) is 0 Å². The van der Waals surface area contributed by atoms with Crippen LogP contribution < -0.4 is 10.6 Å². The number of benzene rings is 1. The molecule has 0 aliphatic carbocycles. The Morgan fingerprint density at radius 3 is 2.45 bits per heavy atom. The van der Waals surface area contributed by atoms with Crippen molar-refractivity contribution in [2.24, 2.45) is 4.99 Å². The molecule has 2 N–H and O–H groups in total. The Morgan fingerprint density at radius 1 is 1.23 bits per heavy atom. The predicted octanol–water partition coefficient (Wildman–Crippen LogP) is 4.14. The van der Waals surface area contributed by atoms with Gasteiger partial charge >= 0.3 is 0 Å². The molecule has 0 saturated heterocycles. The molecule has 1 aromatic carbocycles. The second kappa shape index (κ2) is 10.6. The lowest BCUT2D eigenvalue weighted by atomic mass is 10.1. The Kier molecular flexibility index (Phi) is 10.6. The third kappa shape index (κ3) is 7.46. The van der Waals surface area contributed by atoms with E-state index in [9.17, 15) is 0 Å². The summed E-state index contributed by atoms with van der Waals surface area (Å²) < 4.78 is 0.200. The molecule has 0 bridgehead atoms. The topological polar surface area (TPSA) is 36.4 Å². The molecule has 1 rings (SSSR count). The maximum atomic E-state index is 4.29. The van der Waals surface area contributed by atoms with Crippen molar-refractivity contribution in [3.05, 3.63) is 29.3 Å². The van der Waals surface area contributed by atoms with Gasteiger partial charge in [-0.05, 0) is 50.5 Å². The zero-order chi connectivity index (χ0) is 15.9. The number of hydrogen-bond donors (Lipinski definition) is 2. The molecule has 22 heavy (non-hydrogen) atoms. The van der Waals surface area contributed by atoms with Crippen LogP contribution in [-0.2, 0) is 6.54 Å². The van der Waals surface area contributed by atoms with E-state index in [1.165, 1.54) is 16.0 Å². The van der Waals surface area contributed by atoms with Crippen molar-refractivity contribution in [3.8, 4) is 0 Å². The zero-order valence-electron chi connectivity index (χ0n) is 14.3. The van der Waals surface area contributed by atoms with E-state index in [4.69, 9.17) is 0 Å². The lowest BCUT2D eigenvalue weighted by Gasteiger charge is -2.24. The molecular formula is C16H28IN3S2. The average molecular weight is 453 g/mol. The lowest BCUT2D eigenvalue weighted by Crippen LogP contribution is -2.43. The molecule has 3 nitrogen and oxygen atoms in total. The quantitative estimate of drug-likeness (QED) is 0.294. The van der Waals surface area contributed by atoms with Crippen LogP contribution >= 0.6 is 47.5 Å². The average Bonchev–Trinajstić information content (AvgIpc) is 2.48. The van der Waals surface area contributed by atoms with Crippen molar-refractivity contribution in [1.82, 2.24) is 10.6 Å². The number of nitrogens with zero attached hydrogens (tertiary/aromatic N) is 1. The van der Waals surface area contributed by atoms with Crippen molar-refractivity contribution < 1.29 is 0 Å². The van der Waals surface area contributed by atoms with E-state index in [2.05, 4.69) is 67.1 Å². The fourth-order valence-electron chi connectivity index (χ4n) is 1.77. The van der Waals surface area contributed by atoms with Gasteiger partial charge in [-0.15, -0.1) is 35.7 Å². The standard InChI is InChI=1S/C16H27N3S2.HI/c1-12-7-8-13(14(9-12)20-5)10-18-15(17-4)19-11-16(2,3)21-6;/h7-9H,10-11H2,1-6H3,(H2,17,18,19);1H. The van der Waals surface area contributed by atoms with Gasteiger partial charge in [-0.1, -0.05) is 12.1 Å².